The van der Waals surface area contributed by atoms with Crippen LogP contribution in [0.25, 0.3) is 0 Å². The van der Waals surface area contributed by atoms with Crippen LogP contribution in [0.2, 0.25) is 0 Å². The molecule has 0 saturated heterocycles. The van der Waals surface area contributed by atoms with Gasteiger partial charge < -0.3 is 15.5 Å². The van der Waals surface area contributed by atoms with Gasteiger partial charge in [0, 0.05) is 18.8 Å². The number of nitrogens with zero attached hydrogens (tertiary/aromatic N) is 1. The lowest BCUT2D eigenvalue weighted by atomic mass is 10.1. The van der Waals surface area contributed by atoms with Gasteiger partial charge in [-0.15, -0.1) is 0 Å². The number of nitrogens with two attached hydrogens (primary N) is 1. The summed E-state index contributed by atoms with van der Waals surface area (Å²) in [5.41, 5.74) is 7.86. The first-order valence-corrected chi connectivity index (χ1v) is 9.88. The van der Waals surface area contributed by atoms with Crippen LogP contribution in [0.3, 0.4) is 0 Å². The Morgan fingerprint density at radius 1 is 1.19 bits per heavy atom. The molecule has 142 valence electrons. The number of nitrogens with one attached hydrogen (secondary N) is 1. The Labute approximate surface area is 154 Å². The molecule has 1 amide bonds. The van der Waals surface area contributed by atoms with Crippen molar-refractivity contribution in [3.8, 4) is 0 Å². The second kappa shape index (κ2) is 8.03. The van der Waals surface area contributed by atoms with Gasteiger partial charge in [-0.2, -0.15) is 4.31 Å². The maximum absolute atomic E-state index is 12.8. The normalized spacial score (nSPS) is 11.8. The zero-order chi connectivity index (χ0) is 19.5. The zero-order valence-corrected chi connectivity index (χ0v) is 16.3. The fourth-order valence-electron chi connectivity index (χ4n) is 2.62. The zero-order valence-electron chi connectivity index (χ0n) is 15.5. The number of hydrogen-bond acceptors (Lipinski definition) is 5. The fourth-order valence-corrected chi connectivity index (χ4v) is 4.19. The fraction of sp³-hybridized carbons (Fsp3) is 0.389. The monoisotopic (exact) mass is 379 g/mol. The van der Waals surface area contributed by atoms with E-state index < -0.39 is 10.0 Å². The van der Waals surface area contributed by atoms with Gasteiger partial charge in [0.1, 0.15) is 12.0 Å². The third-order valence-electron chi connectivity index (χ3n) is 4.35. The summed E-state index contributed by atoms with van der Waals surface area (Å²) in [5.74, 6) is 0.120. The highest BCUT2D eigenvalue weighted by Crippen LogP contribution is 2.27. The predicted molar refractivity (Wildman–Crippen MR) is 101 cm³/mol. The number of carbonyl (C=O) groups excluding carboxylic acids is 1. The molecule has 1 heterocycles. The lowest BCUT2D eigenvalue weighted by Gasteiger charge is -2.20. The van der Waals surface area contributed by atoms with Gasteiger partial charge in [0.15, 0.2) is 0 Å². The molecule has 0 aliphatic carbocycles. The van der Waals surface area contributed by atoms with E-state index in [9.17, 15) is 13.2 Å². The Balaban J connectivity index is 2.40. The Morgan fingerprint density at radius 2 is 1.85 bits per heavy atom. The van der Waals surface area contributed by atoms with Crippen molar-refractivity contribution in [2.24, 2.45) is 5.73 Å². The van der Waals surface area contributed by atoms with Gasteiger partial charge in [-0.3, -0.25) is 4.79 Å². The Kier molecular flexibility index (Phi) is 6.22. The van der Waals surface area contributed by atoms with Crippen LogP contribution >= 0.6 is 0 Å². The maximum Gasteiger partial charge on any atom is 0.258 e. The second-order valence-corrected chi connectivity index (χ2v) is 7.90. The largest absolute Gasteiger partial charge is 0.467 e. The van der Waals surface area contributed by atoms with Crippen molar-refractivity contribution in [3.05, 3.63) is 46.9 Å². The van der Waals surface area contributed by atoms with Crippen molar-refractivity contribution >= 4 is 21.6 Å². The molecule has 0 fully saturated rings. The van der Waals surface area contributed by atoms with Crippen LogP contribution in [0.5, 0.6) is 0 Å². The molecule has 0 spiro atoms. The Hall–Kier alpha value is -2.16. The molecule has 0 unspecified atom stereocenters. The van der Waals surface area contributed by atoms with Gasteiger partial charge in [0.2, 0.25) is 10.0 Å². The van der Waals surface area contributed by atoms with E-state index in [-0.39, 0.29) is 17.3 Å². The molecule has 0 radical (unpaired) electrons. The topological polar surface area (TPSA) is 106 Å². The highest BCUT2D eigenvalue weighted by molar-refractivity contribution is 7.89. The van der Waals surface area contributed by atoms with Crippen LogP contribution in [-0.4, -0.2) is 31.7 Å². The molecule has 26 heavy (non-hydrogen) atoms. The van der Waals surface area contributed by atoms with Crippen LogP contribution in [0.15, 0.2) is 33.8 Å². The van der Waals surface area contributed by atoms with E-state index in [1.807, 2.05) is 13.8 Å². The number of rotatable bonds is 7. The van der Waals surface area contributed by atoms with Crippen molar-refractivity contribution in [2.75, 3.05) is 18.4 Å². The van der Waals surface area contributed by atoms with Crippen molar-refractivity contribution < 1.29 is 17.6 Å². The van der Waals surface area contributed by atoms with Crippen molar-refractivity contribution in [2.45, 2.75) is 39.1 Å². The Morgan fingerprint density at radius 3 is 2.38 bits per heavy atom. The van der Waals surface area contributed by atoms with Crippen LogP contribution in [0.4, 0.5) is 5.69 Å². The van der Waals surface area contributed by atoms with E-state index in [2.05, 4.69) is 5.32 Å². The lowest BCUT2D eigenvalue weighted by Crippen LogP contribution is -2.30. The quantitative estimate of drug-likeness (QED) is 0.769. The number of sulfonamides is 1. The average molecular weight is 379 g/mol. The third-order valence-corrected chi connectivity index (χ3v) is 6.38. The smallest absolute Gasteiger partial charge is 0.258 e. The summed E-state index contributed by atoms with van der Waals surface area (Å²) in [6.07, 6.45) is 1.33. The summed E-state index contributed by atoms with van der Waals surface area (Å²) in [6, 6.07) is 4.69. The minimum atomic E-state index is -3.62. The summed E-state index contributed by atoms with van der Waals surface area (Å²) < 4.78 is 32.1. The molecule has 0 atom stereocenters. The van der Waals surface area contributed by atoms with E-state index in [4.69, 9.17) is 10.2 Å². The number of benzene rings is 1. The van der Waals surface area contributed by atoms with Gasteiger partial charge in [-0.25, -0.2) is 8.42 Å². The molecular formula is C18H25N3O4S. The minimum absolute atomic E-state index is 0.162. The molecule has 0 aliphatic heterocycles. The number of hydrogen-bond donors (Lipinski definition) is 2. The molecule has 2 rings (SSSR count). The molecule has 0 aliphatic rings. The maximum atomic E-state index is 12.8. The lowest BCUT2D eigenvalue weighted by molar-refractivity contribution is 0.102. The summed E-state index contributed by atoms with van der Waals surface area (Å²) >= 11 is 0. The molecule has 7 nitrogen and oxygen atoms in total. The average Bonchev–Trinajstić information content (AvgIpc) is 3.08. The summed E-state index contributed by atoms with van der Waals surface area (Å²) in [5, 5.41) is 2.77. The van der Waals surface area contributed by atoms with Crippen molar-refractivity contribution in [3.63, 3.8) is 0 Å². The second-order valence-electron chi connectivity index (χ2n) is 5.96. The molecule has 8 heteroatoms. The highest BCUT2D eigenvalue weighted by atomic mass is 32.2. The minimum Gasteiger partial charge on any atom is -0.467 e. The van der Waals surface area contributed by atoms with E-state index in [1.54, 1.807) is 26.0 Å². The number of anilines is 1. The van der Waals surface area contributed by atoms with Crippen LogP contribution < -0.4 is 11.1 Å². The standard InChI is InChI=1S/C18H25N3O4S/c1-5-21(6-2)26(23,24)16-7-12(3)13(4)17(9-16)20-18(22)14-8-15(10-19)25-11-14/h7-9,11H,5-6,10,19H2,1-4H3,(H,20,22). The molecule has 1 aromatic carbocycles. The third kappa shape index (κ3) is 3.98. The van der Waals surface area contributed by atoms with E-state index in [0.717, 1.165) is 11.1 Å². The van der Waals surface area contributed by atoms with Gasteiger partial charge in [-0.1, -0.05) is 13.8 Å². The Bertz CT molecular complexity index is 899. The number of aryl methyl sites for hydroxylation is 1. The van der Waals surface area contributed by atoms with E-state index >= 15 is 0 Å². The van der Waals surface area contributed by atoms with Crippen molar-refractivity contribution in [1.29, 1.82) is 0 Å². The summed E-state index contributed by atoms with van der Waals surface area (Å²) in [4.78, 5) is 12.6. The SMILES string of the molecule is CCN(CC)S(=O)(=O)c1cc(C)c(C)c(NC(=O)c2coc(CN)c2)c1. The number of amides is 1. The predicted octanol–water partition coefficient (Wildman–Crippen LogP) is 2.64. The number of carbonyl (C=O) groups is 1. The summed E-state index contributed by atoms with van der Waals surface area (Å²) in [6.45, 7) is 8.19. The van der Waals surface area contributed by atoms with Crippen LogP contribution in [-0.2, 0) is 16.6 Å². The molecule has 0 bridgehead atoms. The molecule has 3 N–H and O–H groups in total. The van der Waals surface area contributed by atoms with Gasteiger partial charge >= 0.3 is 0 Å². The van der Waals surface area contributed by atoms with Crippen LogP contribution in [0.1, 0.15) is 41.1 Å². The number of furan rings is 1. The van der Waals surface area contributed by atoms with Crippen LogP contribution in [0, 0.1) is 13.8 Å². The summed E-state index contributed by atoms with van der Waals surface area (Å²) in [7, 11) is -3.62. The molecule has 0 saturated carbocycles. The highest BCUT2D eigenvalue weighted by Gasteiger charge is 2.23. The van der Waals surface area contributed by atoms with E-state index in [1.165, 1.54) is 16.6 Å². The van der Waals surface area contributed by atoms with E-state index in [0.29, 0.717) is 30.1 Å². The first-order valence-electron chi connectivity index (χ1n) is 8.44. The molecular weight excluding hydrogens is 354 g/mol. The van der Waals surface area contributed by atoms with Gasteiger partial charge in [-0.05, 0) is 43.2 Å². The molecule has 1 aromatic heterocycles. The van der Waals surface area contributed by atoms with Gasteiger partial charge in [0.05, 0.1) is 17.0 Å². The van der Waals surface area contributed by atoms with Gasteiger partial charge in [0.25, 0.3) is 5.91 Å². The first kappa shape index (κ1) is 20.2. The molecule has 2 aromatic rings. The van der Waals surface area contributed by atoms with Crippen molar-refractivity contribution in [1.82, 2.24) is 4.31 Å². The first-order chi connectivity index (χ1) is 12.2.